The number of carbonyl (C=O) groups is 1. The van der Waals surface area contributed by atoms with E-state index in [-0.39, 0.29) is 10.8 Å². The Balaban J connectivity index is 1.53. The van der Waals surface area contributed by atoms with Crippen LogP contribution in [0, 0.1) is 6.92 Å². The van der Waals surface area contributed by atoms with Gasteiger partial charge in [0.1, 0.15) is 0 Å². The molecule has 0 aliphatic carbocycles. The minimum atomic E-state index is -3.72. The number of nitrogens with zero attached hydrogens (tertiary/aromatic N) is 2. The highest BCUT2D eigenvalue weighted by atomic mass is 32.2. The maximum absolute atomic E-state index is 12.7. The number of sulfonamides is 1. The van der Waals surface area contributed by atoms with Crippen molar-refractivity contribution in [3.63, 3.8) is 0 Å². The molecule has 0 unspecified atom stereocenters. The molecule has 1 fully saturated rings. The van der Waals surface area contributed by atoms with Gasteiger partial charge in [-0.15, -0.1) is 0 Å². The van der Waals surface area contributed by atoms with Crippen LogP contribution in [-0.2, 0) is 21.4 Å². The highest BCUT2D eigenvalue weighted by Crippen LogP contribution is 2.13. The molecule has 7 heteroatoms. The van der Waals surface area contributed by atoms with Crippen LogP contribution in [-0.4, -0.2) is 56.3 Å². The molecule has 1 aliphatic heterocycles. The number of amides is 1. The van der Waals surface area contributed by atoms with Gasteiger partial charge in [-0.25, -0.2) is 8.42 Å². The average Bonchev–Trinajstić information content (AvgIpc) is 2.69. The zero-order valence-corrected chi connectivity index (χ0v) is 17.2. The molecule has 1 N–H and O–H groups in total. The van der Waals surface area contributed by atoms with Gasteiger partial charge in [0, 0.05) is 32.7 Å². The van der Waals surface area contributed by atoms with Crippen LogP contribution in [0.3, 0.4) is 0 Å². The Kier molecular flexibility index (Phi) is 6.49. The topological polar surface area (TPSA) is 69.7 Å². The molecule has 1 atom stereocenters. The van der Waals surface area contributed by atoms with Crippen LogP contribution < -0.4 is 4.72 Å². The summed E-state index contributed by atoms with van der Waals surface area (Å²) < 4.78 is 27.5. The number of nitrogens with one attached hydrogen (secondary N) is 1. The molecule has 3 rings (SSSR count). The Hall–Kier alpha value is -2.22. The normalized spacial score (nSPS) is 16.7. The molecule has 2 aromatic rings. The first-order valence-corrected chi connectivity index (χ1v) is 11.0. The molecule has 0 bridgehead atoms. The van der Waals surface area contributed by atoms with Crippen LogP contribution >= 0.6 is 0 Å². The van der Waals surface area contributed by atoms with Crippen molar-refractivity contribution in [1.82, 2.24) is 14.5 Å². The van der Waals surface area contributed by atoms with E-state index in [9.17, 15) is 13.2 Å². The number of benzene rings is 2. The van der Waals surface area contributed by atoms with Gasteiger partial charge in [0.25, 0.3) is 0 Å². The highest BCUT2D eigenvalue weighted by molar-refractivity contribution is 7.89. The van der Waals surface area contributed by atoms with Gasteiger partial charge in [0.2, 0.25) is 15.9 Å². The fourth-order valence-electron chi connectivity index (χ4n) is 3.31. The molecule has 0 spiro atoms. The van der Waals surface area contributed by atoms with Crippen LogP contribution in [0.15, 0.2) is 59.5 Å². The fourth-order valence-corrected chi connectivity index (χ4v) is 4.51. The Labute approximate surface area is 167 Å². The SMILES string of the molecule is Cc1ccc(S(=O)(=O)N[C@H](C)C(=O)N2CCN(Cc3ccccc3)CC2)cc1. The summed E-state index contributed by atoms with van der Waals surface area (Å²) in [6, 6.07) is 16.0. The summed E-state index contributed by atoms with van der Waals surface area (Å²) in [5, 5.41) is 0. The monoisotopic (exact) mass is 401 g/mol. The predicted octanol–water partition coefficient (Wildman–Crippen LogP) is 2.01. The summed E-state index contributed by atoms with van der Waals surface area (Å²) in [6.45, 7) is 7.11. The number of carbonyl (C=O) groups excluding carboxylic acids is 1. The van der Waals surface area contributed by atoms with Gasteiger partial charge in [-0.2, -0.15) is 4.72 Å². The van der Waals surface area contributed by atoms with Crippen LogP contribution in [0.2, 0.25) is 0 Å². The molecule has 0 aromatic heterocycles. The van der Waals surface area contributed by atoms with Crippen molar-refractivity contribution in [3.8, 4) is 0 Å². The van der Waals surface area contributed by atoms with E-state index < -0.39 is 16.1 Å². The van der Waals surface area contributed by atoms with Gasteiger partial charge in [-0.05, 0) is 31.5 Å². The van der Waals surface area contributed by atoms with Gasteiger partial charge in [-0.3, -0.25) is 9.69 Å². The number of piperazine rings is 1. The number of aryl methyl sites for hydroxylation is 1. The van der Waals surface area contributed by atoms with Crippen molar-refractivity contribution in [2.24, 2.45) is 0 Å². The van der Waals surface area contributed by atoms with E-state index in [2.05, 4.69) is 21.8 Å². The number of hydrogen-bond donors (Lipinski definition) is 1. The second kappa shape index (κ2) is 8.86. The predicted molar refractivity (Wildman–Crippen MR) is 109 cm³/mol. The average molecular weight is 402 g/mol. The third-order valence-corrected chi connectivity index (χ3v) is 6.52. The molecule has 1 amide bonds. The zero-order valence-electron chi connectivity index (χ0n) is 16.3. The molecule has 0 radical (unpaired) electrons. The maximum atomic E-state index is 12.7. The van der Waals surface area contributed by atoms with Crippen molar-refractivity contribution in [2.75, 3.05) is 26.2 Å². The molecule has 1 heterocycles. The highest BCUT2D eigenvalue weighted by Gasteiger charge is 2.28. The quantitative estimate of drug-likeness (QED) is 0.804. The lowest BCUT2D eigenvalue weighted by Crippen LogP contribution is -2.53. The lowest BCUT2D eigenvalue weighted by Gasteiger charge is -2.36. The molecule has 150 valence electrons. The van der Waals surface area contributed by atoms with Crippen LogP contribution in [0.25, 0.3) is 0 Å². The van der Waals surface area contributed by atoms with E-state index in [0.29, 0.717) is 13.1 Å². The van der Waals surface area contributed by atoms with Crippen LogP contribution in [0.4, 0.5) is 0 Å². The molecular weight excluding hydrogens is 374 g/mol. The molecule has 2 aromatic carbocycles. The maximum Gasteiger partial charge on any atom is 0.241 e. The largest absolute Gasteiger partial charge is 0.339 e. The first-order chi connectivity index (χ1) is 13.3. The Morgan fingerprint density at radius 1 is 1.00 bits per heavy atom. The summed E-state index contributed by atoms with van der Waals surface area (Å²) >= 11 is 0. The Morgan fingerprint density at radius 3 is 2.21 bits per heavy atom. The van der Waals surface area contributed by atoms with Crippen molar-refractivity contribution < 1.29 is 13.2 Å². The van der Waals surface area contributed by atoms with Gasteiger partial charge in [0.05, 0.1) is 10.9 Å². The van der Waals surface area contributed by atoms with E-state index in [4.69, 9.17) is 0 Å². The van der Waals surface area contributed by atoms with Gasteiger partial charge in [-0.1, -0.05) is 48.0 Å². The van der Waals surface area contributed by atoms with E-state index in [1.807, 2.05) is 25.1 Å². The third-order valence-electron chi connectivity index (χ3n) is 4.97. The molecule has 1 aliphatic rings. The third kappa shape index (κ3) is 5.19. The second-order valence-corrected chi connectivity index (χ2v) is 8.96. The number of hydrogen-bond acceptors (Lipinski definition) is 4. The van der Waals surface area contributed by atoms with E-state index in [0.717, 1.165) is 25.2 Å². The van der Waals surface area contributed by atoms with Crippen molar-refractivity contribution >= 4 is 15.9 Å². The first kappa shape index (κ1) is 20.5. The van der Waals surface area contributed by atoms with Gasteiger partial charge >= 0.3 is 0 Å². The second-order valence-electron chi connectivity index (χ2n) is 7.24. The lowest BCUT2D eigenvalue weighted by atomic mass is 10.2. The van der Waals surface area contributed by atoms with Crippen molar-refractivity contribution in [1.29, 1.82) is 0 Å². The fraction of sp³-hybridized carbons (Fsp3) is 0.381. The van der Waals surface area contributed by atoms with E-state index >= 15 is 0 Å². The lowest BCUT2D eigenvalue weighted by molar-refractivity contribution is -0.134. The molecule has 28 heavy (non-hydrogen) atoms. The first-order valence-electron chi connectivity index (χ1n) is 9.49. The van der Waals surface area contributed by atoms with Crippen LogP contribution in [0.5, 0.6) is 0 Å². The smallest absolute Gasteiger partial charge is 0.241 e. The Morgan fingerprint density at radius 2 is 1.61 bits per heavy atom. The van der Waals surface area contributed by atoms with Crippen molar-refractivity contribution in [2.45, 2.75) is 31.3 Å². The summed E-state index contributed by atoms with van der Waals surface area (Å²) in [5.74, 6) is -0.185. The zero-order chi connectivity index (χ0) is 20.1. The molecule has 6 nitrogen and oxygen atoms in total. The summed E-state index contributed by atoms with van der Waals surface area (Å²) in [4.78, 5) is 16.9. The van der Waals surface area contributed by atoms with Gasteiger partial charge in [0.15, 0.2) is 0 Å². The van der Waals surface area contributed by atoms with Gasteiger partial charge < -0.3 is 4.90 Å². The summed E-state index contributed by atoms with van der Waals surface area (Å²) in [5.41, 5.74) is 2.23. The summed E-state index contributed by atoms with van der Waals surface area (Å²) in [7, 11) is -3.72. The van der Waals surface area contributed by atoms with Crippen LogP contribution in [0.1, 0.15) is 18.1 Å². The standard InChI is InChI=1S/C21H27N3O3S/c1-17-8-10-20(11-9-17)28(26,27)22-18(2)21(25)24-14-12-23(13-15-24)16-19-6-4-3-5-7-19/h3-11,18,22H,12-16H2,1-2H3/t18-/m1/s1. The van der Waals surface area contributed by atoms with E-state index in [1.54, 1.807) is 36.1 Å². The molecule has 0 saturated carbocycles. The van der Waals surface area contributed by atoms with Crippen molar-refractivity contribution in [3.05, 3.63) is 65.7 Å². The molecular formula is C21H27N3O3S. The minimum Gasteiger partial charge on any atom is -0.339 e. The number of rotatable bonds is 6. The molecule has 1 saturated heterocycles. The summed E-state index contributed by atoms with van der Waals surface area (Å²) in [6.07, 6.45) is 0. The minimum absolute atomic E-state index is 0.172. The Bertz CT molecular complexity index is 890. The van der Waals surface area contributed by atoms with E-state index in [1.165, 1.54) is 5.56 Å².